The largest absolute Gasteiger partial charge is 0.331 e. The van der Waals surface area contributed by atoms with Gasteiger partial charge < -0.3 is 10.6 Å². The minimum atomic E-state index is -3.77. The highest BCUT2D eigenvalue weighted by molar-refractivity contribution is 7.89. The van der Waals surface area contributed by atoms with E-state index in [1.807, 2.05) is 12.3 Å². The SMILES string of the molecule is CC(=O)Nc1nc(C)c(-c2csc(Nc3cccc(S(N)(=O)=O)c3)n2)s1. The zero-order chi connectivity index (χ0) is 18.9. The number of nitrogens with zero attached hydrogens (tertiary/aromatic N) is 2. The molecule has 4 N–H and O–H groups in total. The summed E-state index contributed by atoms with van der Waals surface area (Å²) in [7, 11) is -3.77. The van der Waals surface area contributed by atoms with Crippen LogP contribution < -0.4 is 15.8 Å². The van der Waals surface area contributed by atoms with Crippen LogP contribution in [0.3, 0.4) is 0 Å². The molecule has 26 heavy (non-hydrogen) atoms. The average molecular weight is 410 g/mol. The minimum Gasteiger partial charge on any atom is -0.331 e. The molecule has 0 unspecified atom stereocenters. The van der Waals surface area contributed by atoms with Crippen LogP contribution in [-0.4, -0.2) is 24.3 Å². The number of hydrogen-bond donors (Lipinski definition) is 3. The number of thiazole rings is 2. The second-order valence-corrected chi connectivity index (χ2v) is 8.77. The minimum absolute atomic E-state index is 0.0255. The van der Waals surface area contributed by atoms with Gasteiger partial charge in [0, 0.05) is 18.0 Å². The third-order valence-corrected chi connectivity index (χ3v) is 5.99. The van der Waals surface area contributed by atoms with E-state index >= 15 is 0 Å². The van der Waals surface area contributed by atoms with Crippen molar-refractivity contribution in [1.29, 1.82) is 0 Å². The summed E-state index contributed by atoms with van der Waals surface area (Å²) < 4.78 is 22.9. The van der Waals surface area contributed by atoms with Crippen LogP contribution in [0.25, 0.3) is 10.6 Å². The van der Waals surface area contributed by atoms with Crippen molar-refractivity contribution < 1.29 is 13.2 Å². The maximum Gasteiger partial charge on any atom is 0.238 e. The number of nitrogens with one attached hydrogen (secondary N) is 2. The van der Waals surface area contributed by atoms with Crippen molar-refractivity contribution in [2.45, 2.75) is 18.7 Å². The van der Waals surface area contributed by atoms with E-state index in [-0.39, 0.29) is 10.8 Å². The van der Waals surface area contributed by atoms with E-state index in [1.54, 1.807) is 12.1 Å². The highest BCUT2D eigenvalue weighted by atomic mass is 32.2. The number of benzene rings is 1. The van der Waals surface area contributed by atoms with Gasteiger partial charge in [-0.3, -0.25) is 4.79 Å². The number of carbonyl (C=O) groups is 1. The molecule has 1 aromatic carbocycles. The molecule has 0 atom stereocenters. The molecule has 2 aromatic heterocycles. The van der Waals surface area contributed by atoms with Gasteiger partial charge in [-0.2, -0.15) is 0 Å². The van der Waals surface area contributed by atoms with E-state index < -0.39 is 10.0 Å². The summed E-state index contributed by atoms with van der Waals surface area (Å²) in [5.74, 6) is -0.180. The van der Waals surface area contributed by atoms with Gasteiger partial charge >= 0.3 is 0 Å². The molecule has 11 heteroatoms. The Morgan fingerprint density at radius 1 is 1.23 bits per heavy atom. The Balaban J connectivity index is 1.83. The van der Waals surface area contributed by atoms with Crippen LogP contribution >= 0.6 is 22.7 Å². The van der Waals surface area contributed by atoms with E-state index in [9.17, 15) is 13.2 Å². The number of sulfonamides is 1. The first-order valence-electron chi connectivity index (χ1n) is 7.33. The fourth-order valence-electron chi connectivity index (χ4n) is 2.15. The number of anilines is 3. The Kier molecular flexibility index (Phi) is 5.05. The lowest BCUT2D eigenvalue weighted by Crippen LogP contribution is -2.12. The van der Waals surface area contributed by atoms with E-state index in [0.717, 1.165) is 16.3 Å². The van der Waals surface area contributed by atoms with E-state index in [1.165, 1.54) is 41.7 Å². The Bertz CT molecular complexity index is 1070. The van der Waals surface area contributed by atoms with Gasteiger partial charge in [0.25, 0.3) is 0 Å². The molecule has 0 aliphatic rings. The van der Waals surface area contributed by atoms with Gasteiger partial charge in [0.2, 0.25) is 15.9 Å². The molecule has 1 amide bonds. The number of carbonyl (C=O) groups excluding carboxylic acids is 1. The van der Waals surface area contributed by atoms with Crippen molar-refractivity contribution in [2.75, 3.05) is 10.6 Å². The van der Waals surface area contributed by atoms with Crippen LogP contribution in [0.4, 0.5) is 16.0 Å². The fraction of sp³-hybridized carbons (Fsp3) is 0.133. The van der Waals surface area contributed by atoms with Crippen molar-refractivity contribution >= 4 is 54.6 Å². The first kappa shape index (κ1) is 18.5. The molecule has 0 saturated heterocycles. The average Bonchev–Trinajstić information content (AvgIpc) is 3.12. The Labute approximate surface area is 158 Å². The Morgan fingerprint density at radius 3 is 2.69 bits per heavy atom. The molecule has 0 fully saturated rings. The predicted molar refractivity (Wildman–Crippen MR) is 103 cm³/mol. The number of aryl methyl sites for hydroxylation is 1. The lowest BCUT2D eigenvalue weighted by molar-refractivity contribution is -0.114. The third kappa shape index (κ3) is 4.25. The lowest BCUT2D eigenvalue weighted by atomic mass is 10.3. The molecule has 0 aliphatic heterocycles. The molecular weight excluding hydrogens is 394 g/mol. The monoisotopic (exact) mass is 409 g/mol. The van der Waals surface area contributed by atoms with Crippen LogP contribution in [0, 0.1) is 6.92 Å². The number of aromatic nitrogens is 2. The topological polar surface area (TPSA) is 127 Å². The number of nitrogens with two attached hydrogens (primary N) is 1. The molecule has 0 radical (unpaired) electrons. The summed E-state index contributed by atoms with van der Waals surface area (Å²) in [6.07, 6.45) is 0. The van der Waals surface area contributed by atoms with Gasteiger partial charge in [-0.15, -0.1) is 11.3 Å². The van der Waals surface area contributed by atoms with E-state index in [0.29, 0.717) is 16.0 Å². The second kappa shape index (κ2) is 7.11. The quantitative estimate of drug-likeness (QED) is 0.594. The summed E-state index contributed by atoms with van der Waals surface area (Å²) in [5, 5.41) is 13.9. The van der Waals surface area contributed by atoms with Crippen LogP contribution in [-0.2, 0) is 14.8 Å². The fourth-order valence-corrected chi connectivity index (χ4v) is 4.48. The Morgan fingerprint density at radius 2 is 2.00 bits per heavy atom. The second-order valence-electron chi connectivity index (χ2n) is 5.35. The molecular formula is C15H15N5O3S3. The molecule has 2 heterocycles. The Hall–Kier alpha value is -2.34. The first-order valence-corrected chi connectivity index (χ1v) is 10.6. The van der Waals surface area contributed by atoms with Crippen molar-refractivity contribution in [3.63, 3.8) is 0 Å². The van der Waals surface area contributed by atoms with Crippen molar-refractivity contribution in [1.82, 2.24) is 9.97 Å². The van der Waals surface area contributed by atoms with Gasteiger partial charge in [-0.25, -0.2) is 23.5 Å². The van der Waals surface area contributed by atoms with E-state index in [2.05, 4.69) is 20.6 Å². The van der Waals surface area contributed by atoms with Crippen LogP contribution in [0.2, 0.25) is 0 Å². The van der Waals surface area contributed by atoms with Gasteiger partial charge in [-0.1, -0.05) is 17.4 Å². The molecule has 0 aliphatic carbocycles. The highest BCUT2D eigenvalue weighted by Crippen LogP contribution is 2.35. The number of hydrogen-bond acceptors (Lipinski definition) is 8. The predicted octanol–water partition coefficient (Wildman–Crippen LogP) is 2.92. The normalized spacial score (nSPS) is 11.3. The molecule has 0 saturated carbocycles. The highest BCUT2D eigenvalue weighted by Gasteiger charge is 2.14. The van der Waals surface area contributed by atoms with E-state index in [4.69, 9.17) is 5.14 Å². The smallest absolute Gasteiger partial charge is 0.238 e. The number of primary sulfonamides is 1. The summed E-state index contributed by atoms with van der Waals surface area (Å²) in [6.45, 7) is 3.27. The first-order chi connectivity index (χ1) is 12.2. The molecule has 0 bridgehead atoms. The van der Waals surface area contributed by atoms with Gasteiger partial charge in [0.05, 0.1) is 21.2 Å². The summed E-state index contributed by atoms with van der Waals surface area (Å²) in [5.41, 5.74) is 2.07. The molecule has 3 aromatic rings. The van der Waals surface area contributed by atoms with Gasteiger partial charge in [0.1, 0.15) is 0 Å². The van der Waals surface area contributed by atoms with Crippen molar-refractivity contribution in [3.05, 3.63) is 35.3 Å². The lowest BCUT2D eigenvalue weighted by Gasteiger charge is -2.04. The van der Waals surface area contributed by atoms with Crippen molar-refractivity contribution in [3.8, 4) is 10.6 Å². The van der Waals surface area contributed by atoms with Crippen LogP contribution in [0.1, 0.15) is 12.6 Å². The zero-order valence-corrected chi connectivity index (χ0v) is 16.3. The van der Waals surface area contributed by atoms with Gasteiger partial charge in [-0.05, 0) is 25.1 Å². The van der Waals surface area contributed by atoms with Crippen LogP contribution in [0.15, 0.2) is 34.5 Å². The molecule has 8 nitrogen and oxygen atoms in total. The summed E-state index contributed by atoms with van der Waals surface area (Å²) >= 11 is 2.72. The molecule has 0 spiro atoms. The molecule has 3 rings (SSSR count). The standard InChI is InChI=1S/C15H15N5O3S3/c1-8-13(25-15(17-8)18-9(2)21)12-7-24-14(20-12)19-10-4-3-5-11(6-10)26(16,22)23/h3-7H,1-2H3,(H,19,20)(H2,16,22,23)(H,17,18,21). The zero-order valence-electron chi connectivity index (χ0n) is 13.8. The van der Waals surface area contributed by atoms with Gasteiger partial charge in [0.15, 0.2) is 10.3 Å². The molecule has 136 valence electrons. The maximum atomic E-state index is 11.4. The van der Waals surface area contributed by atoms with Crippen molar-refractivity contribution in [2.24, 2.45) is 5.14 Å². The third-order valence-electron chi connectivity index (χ3n) is 3.23. The summed E-state index contributed by atoms with van der Waals surface area (Å²) in [6, 6.07) is 6.20. The summed E-state index contributed by atoms with van der Waals surface area (Å²) in [4.78, 5) is 20.9. The number of amides is 1. The maximum absolute atomic E-state index is 11.4. The van der Waals surface area contributed by atoms with Crippen LogP contribution in [0.5, 0.6) is 0 Å². The number of rotatable bonds is 5.